The van der Waals surface area contributed by atoms with Gasteiger partial charge in [0.25, 0.3) is 5.91 Å². The van der Waals surface area contributed by atoms with Crippen molar-refractivity contribution in [2.45, 2.75) is 124 Å². The highest BCUT2D eigenvalue weighted by molar-refractivity contribution is 7.13. The molecule has 0 bridgehead atoms. The van der Waals surface area contributed by atoms with E-state index in [1.54, 1.807) is 29.5 Å². The first kappa shape index (κ1) is 54.4. The summed E-state index contributed by atoms with van der Waals surface area (Å²) in [5, 5.41) is 40.1. The third kappa shape index (κ3) is 12.2. The van der Waals surface area contributed by atoms with Gasteiger partial charge in [-0.05, 0) is 79.6 Å². The van der Waals surface area contributed by atoms with Crippen molar-refractivity contribution in [2.75, 3.05) is 45.9 Å². The summed E-state index contributed by atoms with van der Waals surface area (Å²) in [5.74, 6) is -0.699. The monoisotopic (exact) mass is 1020 g/mol. The van der Waals surface area contributed by atoms with Crippen LogP contribution in [0.1, 0.15) is 107 Å². The van der Waals surface area contributed by atoms with Crippen molar-refractivity contribution in [3.05, 3.63) is 105 Å². The number of hydrogen-bond acceptors (Lipinski definition) is 12. The van der Waals surface area contributed by atoms with Crippen LogP contribution in [0.5, 0.6) is 5.75 Å². The summed E-state index contributed by atoms with van der Waals surface area (Å²) < 4.78 is 6.38. The lowest BCUT2D eigenvalue weighted by atomic mass is 9.49. The number of nitriles is 1. The van der Waals surface area contributed by atoms with Crippen molar-refractivity contribution in [3.63, 3.8) is 0 Å². The first-order valence-corrected chi connectivity index (χ1v) is 26.2. The largest absolute Gasteiger partial charge is 0.489 e. The van der Waals surface area contributed by atoms with Crippen LogP contribution in [0.4, 0.5) is 0 Å². The summed E-state index contributed by atoms with van der Waals surface area (Å²) in [6.45, 7) is 20.1. The molecule has 2 aliphatic heterocycles. The van der Waals surface area contributed by atoms with Gasteiger partial charge < -0.3 is 35.8 Å². The molecule has 2 saturated heterocycles. The van der Waals surface area contributed by atoms with E-state index in [0.717, 1.165) is 46.6 Å². The van der Waals surface area contributed by atoms with E-state index >= 15 is 0 Å². The van der Waals surface area contributed by atoms with E-state index in [0.29, 0.717) is 41.5 Å². The van der Waals surface area contributed by atoms with Gasteiger partial charge in [0.1, 0.15) is 30.0 Å². The molecule has 17 heteroatoms. The van der Waals surface area contributed by atoms with Gasteiger partial charge in [-0.1, -0.05) is 96.5 Å². The molecule has 3 fully saturated rings. The van der Waals surface area contributed by atoms with Crippen LogP contribution in [-0.2, 0) is 20.8 Å². The minimum Gasteiger partial charge on any atom is -0.489 e. The molecule has 5 atom stereocenters. The standard InChI is InChI=1S/C55H71ClN8O7S/c1-33(36-16-18-37(19-17-36)46-34(2)58-32-72-46)59-49(69)44-25-41(66)29-64(44)50(70)47(53(3,4)5)60-45(67)30-62-23-24-63(40(28-62)31-65)22-10-11-35-12-14-38(15-13-35)48(68)61-51-54(6,7)52(55(51,8)9)71-42-21-20-39(27-57)43(56)26-42/h12-21,26,32-33,40-41,44,47,51-52,65-66H,10-11,22-25,28-31H2,1-9H3,(H,59,69)(H,60,67)(H,61,68)/t33-,40+,41+,44?,47+,51?,52?/m0/s1. The number of halogens is 1. The molecular weight excluding hydrogens is 952 g/mol. The fraction of sp³-hybridized carbons (Fsp3) is 0.527. The Hall–Kier alpha value is -5.41. The van der Waals surface area contributed by atoms with Crippen molar-refractivity contribution < 1.29 is 34.1 Å². The van der Waals surface area contributed by atoms with Gasteiger partial charge in [-0.15, -0.1) is 11.3 Å². The first-order valence-electron chi connectivity index (χ1n) is 24.9. The molecule has 3 aliphatic rings. The fourth-order valence-electron chi connectivity index (χ4n) is 11.1. The van der Waals surface area contributed by atoms with Gasteiger partial charge in [0.2, 0.25) is 17.7 Å². The number of aryl methyl sites for hydroxylation is 2. The Morgan fingerprint density at radius 1 is 0.986 bits per heavy atom. The number of amides is 4. The molecule has 4 aromatic rings. The second-order valence-electron chi connectivity index (χ2n) is 22.1. The Balaban J connectivity index is 0.862. The predicted molar refractivity (Wildman–Crippen MR) is 279 cm³/mol. The number of carbonyl (C=O) groups excluding carboxylic acids is 4. The number of benzene rings is 3. The molecule has 1 aliphatic carbocycles. The Morgan fingerprint density at radius 3 is 2.29 bits per heavy atom. The second kappa shape index (κ2) is 22.4. The number of aliphatic hydroxyl groups excluding tert-OH is 2. The zero-order chi connectivity index (χ0) is 52.3. The number of nitrogens with zero attached hydrogens (tertiary/aromatic N) is 5. The molecule has 72 heavy (non-hydrogen) atoms. The van der Waals surface area contributed by atoms with Crippen molar-refractivity contribution in [3.8, 4) is 22.3 Å². The van der Waals surface area contributed by atoms with E-state index in [9.17, 15) is 34.7 Å². The van der Waals surface area contributed by atoms with E-state index in [-0.39, 0.29) is 78.9 Å². The van der Waals surface area contributed by atoms with Crippen molar-refractivity contribution in [1.82, 2.24) is 35.6 Å². The average Bonchev–Trinajstić information content (AvgIpc) is 3.96. The molecule has 1 unspecified atom stereocenters. The summed E-state index contributed by atoms with van der Waals surface area (Å²) in [7, 11) is 0. The minimum atomic E-state index is -0.957. The number of thiazole rings is 1. The number of nitrogens with one attached hydrogen (secondary N) is 3. The Bertz CT molecular complexity index is 2610. The molecule has 0 spiro atoms. The molecule has 1 aromatic heterocycles. The minimum absolute atomic E-state index is 0.0187. The number of hydrogen-bond donors (Lipinski definition) is 5. The number of β-amino-alcohol motifs (C(OH)–C–C–N with tert-alkyl or cyclic N) is 1. The topological polar surface area (TPSA) is 200 Å². The van der Waals surface area contributed by atoms with Gasteiger partial charge in [-0.3, -0.25) is 29.0 Å². The molecule has 1 saturated carbocycles. The molecular formula is C55H71ClN8O7S. The zero-order valence-electron chi connectivity index (χ0n) is 43.0. The van der Waals surface area contributed by atoms with Gasteiger partial charge >= 0.3 is 0 Å². The number of aromatic nitrogens is 1. The Labute approximate surface area is 433 Å². The Kier molecular flexibility index (Phi) is 16.9. The number of ether oxygens (including phenoxy) is 1. The van der Waals surface area contributed by atoms with Crippen molar-refractivity contribution in [1.29, 1.82) is 5.26 Å². The fourth-order valence-corrected chi connectivity index (χ4v) is 12.1. The molecule has 3 heterocycles. The lowest BCUT2D eigenvalue weighted by molar-refractivity contribution is -0.164. The summed E-state index contributed by atoms with van der Waals surface area (Å²) in [6, 6.07) is 20.2. The summed E-state index contributed by atoms with van der Waals surface area (Å²) in [6.07, 6.45) is 0.608. The SMILES string of the molecule is Cc1ncsc1-c1ccc([C@H](C)NC(=O)C2C[C@@H](O)CN2C(=O)[C@@H](NC(=O)CN2CCN(CCCc3ccc(C(=O)NC4C(C)(C)C(Oc5ccc(C#N)c(Cl)c5)C4(C)C)cc3)[C@@H](CO)C2)C(C)(C)C)cc1. The first-order chi connectivity index (χ1) is 34.0. The van der Waals surface area contributed by atoms with Gasteiger partial charge in [0, 0.05) is 67.1 Å². The molecule has 4 amide bonds. The maximum atomic E-state index is 14.3. The number of aliphatic hydroxyl groups is 2. The zero-order valence-corrected chi connectivity index (χ0v) is 44.6. The summed E-state index contributed by atoms with van der Waals surface area (Å²) in [4.78, 5) is 66.4. The number of carbonyl (C=O) groups is 4. The normalized spacial score (nSPS) is 22.8. The molecule has 15 nitrogen and oxygen atoms in total. The van der Waals surface area contributed by atoms with Crippen LogP contribution in [0.3, 0.4) is 0 Å². The number of piperazine rings is 1. The molecule has 7 rings (SSSR count). The highest BCUT2D eigenvalue weighted by Crippen LogP contribution is 2.55. The maximum Gasteiger partial charge on any atom is 0.251 e. The van der Waals surface area contributed by atoms with Crippen LogP contribution in [0.25, 0.3) is 10.4 Å². The van der Waals surface area contributed by atoms with Crippen LogP contribution < -0.4 is 20.7 Å². The van der Waals surface area contributed by atoms with Crippen molar-refractivity contribution in [2.24, 2.45) is 16.2 Å². The summed E-state index contributed by atoms with van der Waals surface area (Å²) >= 11 is 7.84. The van der Waals surface area contributed by atoms with E-state index in [1.807, 2.05) is 93.6 Å². The van der Waals surface area contributed by atoms with Crippen LogP contribution >= 0.6 is 22.9 Å². The van der Waals surface area contributed by atoms with Gasteiger partial charge in [-0.2, -0.15) is 5.26 Å². The lowest BCUT2D eigenvalue weighted by Crippen LogP contribution is -2.74. The van der Waals surface area contributed by atoms with E-state index < -0.39 is 29.5 Å². The highest BCUT2D eigenvalue weighted by Gasteiger charge is 2.64. The van der Waals surface area contributed by atoms with Gasteiger partial charge in [-0.25, -0.2) is 4.98 Å². The van der Waals surface area contributed by atoms with Gasteiger partial charge in [0.05, 0.1) is 52.0 Å². The van der Waals surface area contributed by atoms with E-state index in [4.69, 9.17) is 16.3 Å². The second-order valence-corrected chi connectivity index (χ2v) is 23.4. The quantitative estimate of drug-likeness (QED) is 0.0770. The predicted octanol–water partition coefficient (Wildman–Crippen LogP) is 6.54. The van der Waals surface area contributed by atoms with E-state index in [2.05, 4.69) is 59.6 Å². The third-order valence-corrected chi connectivity index (χ3v) is 16.2. The van der Waals surface area contributed by atoms with Crippen LogP contribution in [0.2, 0.25) is 5.02 Å². The number of likely N-dealkylation sites (tertiary alicyclic amines) is 1. The maximum absolute atomic E-state index is 14.3. The van der Waals surface area contributed by atoms with Crippen LogP contribution in [-0.4, -0.2) is 136 Å². The van der Waals surface area contributed by atoms with Crippen LogP contribution in [0, 0.1) is 34.5 Å². The smallest absolute Gasteiger partial charge is 0.251 e. The molecule has 0 radical (unpaired) electrons. The Morgan fingerprint density at radius 2 is 1.68 bits per heavy atom. The third-order valence-electron chi connectivity index (χ3n) is 14.9. The lowest BCUT2D eigenvalue weighted by Gasteiger charge is -2.63. The average molecular weight is 1020 g/mol. The van der Waals surface area contributed by atoms with Gasteiger partial charge in [0.15, 0.2) is 0 Å². The van der Waals surface area contributed by atoms with E-state index in [1.165, 1.54) is 4.90 Å². The highest BCUT2D eigenvalue weighted by atomic mass is 35.5. The molecule has 5 N–H and O–H groups in total. The van der Waals surface area contributed by atoms with Crippen LogP contribution in [0.15, 0.2) is 72.2 Å². The number of rotatable bonds is 17. The summed E-state index contributed by atoms with van der Waals surface area (Å²) in [5.41, 5.74) is 5.29. The van der Waals surface area contributed by atoms with Crippen molar-refractivity contribution >= 4 is 46.6 Å². The molecule has 386 valence electrons. The molecule has 3 aromatic carbocycles.